The van der Waals surface area contributed by atoms with Gasteiger partial charge in [-0.15, -0.1) is 0 Å². The van der Waals surface area contributed by atoms with Crippen molar-refractivity contribution in [1.29, 1.82) is 0 Å². The van der Waals surface area contributed by atoms with Crippen LogP contribution < -0.4 is 10.6 Å². The normalized spacial score (nSPS) is 26.2. The molecule has 7 nitrogen and oxygen atoms in total. The predicted molar refractivity (Wildman–Crippen MR) is 106 cm³/mol. The number of allylic oxidation sites excluding steroid dienone is 3. The fraction of sp³-hybridized carbons (Fsp3) is 0.667. The first-order valence-corrected chi connectivity index (χ1v) is 10.2. The Labute approximate surface area is 166 Å². The Morgan fingerprint density at radius 1 is 1.04 bits per heavy atom. The molecule has 2 aliphatic rings. The lowest BCUT2D eigenvalue weighted by Gasteiger charge is -2.27. The molecule has 0 aromatic carbocycles. The molecule has 0 aromatic heterocycles. The number of carboxylic acids is 1. The van der Waals surface area contributed by atoms with Gasteiger partial charge < -0.3 is 20.5 Å². The average molecular weight is 392 g/mol. The van der Waals surface area contributed by atoms with Crippen LogP contribution in [-0.4, -0.2) is 48.2 Å². The zero-order valence-corrected chi connectivity index (χ0v) is 16.6. The van der Waals surface area contributed by atoms with Crippen LogP contribution in [0.4, 0.5) is 0 Å². The van der Waals surface area contributed by atoms with Crippen molar-refractivity contribution >= 4 is 17.8 Å². The highest BCUT2D eigenvalue weighted by molar-refractivity contribution is 5.96. The maximum absolute atomic E-state index is 12.1. The Hall–Kier alpha value is -2.15. The molecule has 2 fully saturated rings. The van der Waals surface area contributed by atoms with Crippen LogP contribution in [0.15, 0.2) is 24.3 Å². The summed E-state index contributed by atoms with van der Waals surface area (Å²) in [6.45, 7) is 2.83. The molecule has 0 spiro atoms. The lowest BCUT2D eigenvalue weighted by Crippen LogP contribution is -2.39. The fourth-order valence-corrected chi connectivity index (χ4v) is 4.02. The number of carbonyl (C=O) groups is 3. The summed E-state index contributed by atoms with van der Waals surface area (Å²) >= 11 is 0. The molecule has 2 saturated heterocycles. The fourth-order valence-electron chi connectivity index (χ4n) is 4.02. The van der Waals surface area contributed by atoms with E-state index in [2.05, 4.69) is 16.7 Å². The van der Waals surface area contributed by atoms with Crippen LogP contribution in [0.2, 0.25) is 0 Å². The summed E-state index contributed by atoms with van der Waals surface area (Å²) < 4.78 is 6.04. The number of fused-ring (bicyclic) bond motifs is 2. The van der Waals surface area contributed by atoms with E-state index in [0.717, 1.165) is 25.7 Å². The van der Waals surface area contributed by atoms with Gasteiger partial charge in [-0.05, 0) is 44.9 Å². The Morgan fingerprint density at radius 2 is 1.75 bits per heavy atom. The monoisotopic (exact) mass is 392 g/mol. The molecule has 2 heterocycles. The van der Waals surface area contributed by atoms with E-state index in [9.17, 15) is 14.4 Å². The van der Waals surface area contributed by atoms with Crippen molar-refractivity contribution in [2.24, 2.45) is 11.8 Å². The van der Waals surface area contributed by atoms with Crippen LogP contribution in [0.5, 0.6) is 0 Å². The van der Waals surface area contributed by atoms with E-state index in [1.54, 1.807) is 0 Å². The van der Waals surface area contributed by atoms with Crippen molar-refractivity contribution in [3.8, 4) is 0 Å². The van der Waals surface area contributed by atoms with E-state index >= 15 is 0 Å². The lowest BCUT2D eigenvalue weighted by atomic mass is 9.77. The van der Waals surface area contributed by atoms with Crippen LogP contribution in [-0.2, 0) is 19.1 Å². The molecular weight excluding hydrogens is 360 g/mol. The Bertz CT molecular complexity index is 602. The van der Waals surface area contributed by atoms with E-state index in [0.29, 0.717) is 25.4 Å². The number of ether oxygens (including phenoxy) is 1. The Balaban J connectivity index is 1.73. The van der Waals surface area contributed by atoms with Crippen LogP contribution >= 0.6 is 0 Å². The minimum absolute atomic E-state index is 0.159. The quantitative estimate of drug-likeness (QED) is 0.268. The summed E-state index contributed by atoms with van der Waals surface area (Å²) in [7, 11) is 0. The summed E-state index contributed by atoms with van der Waals surface area (Å²) in [6, 6.07) is 0. The standard InChI is InChI=1S/C21H32N2O5/c1-2-3-12-22-19(24)13-20(25)23-14-16-15(17-10-11-18(16)28-17)8-6-4-5-7-9-21(26)27/h2-4,6,15-18H,5,7-14H2,1H3,(H,22,24)(H,23,25)(H,26,27)/b3-2?,6-4-/t15-,16+,17-,18+/m1/s1. The second-order valence-corrected chi connectivity index (χ2v) is 7.47. The topological polar surface area (TPSA) is 105 Å². The largest absolute Gasteiger partial charge is 0.481 e. The molecule has 0 saturated carbocycles. The molecule has 0 unspecified atom stereocenters. The molecule has 0 radical (unpaired) electrons. The molecule has 156 valence electrons. The molecule has 2 aliphatic heterocycles. The number of aliphatic carboxylic acids is 1. The van der Waals surface area contributed by atoms with Crippen LogP contribution in [0.25, 0.3) is 0 Å². The van der Waals surface area contributed by atoms with Gasteiger partial charge in [-0.2, -0.15) is 0 Å². The predicted octanol–water partition coefficient (Wildman–Crippen LogP) is 2.18. The minimum Gasteiger partial charge on any atom is -0.481 e. The van der Waals surface area contributed by atoms with Crippen molar-refractivity contribution in [3.05, 3.63) is 24.3 Å². The Morgan fingerprint density at radius 3 is 2.46 bits per heavy atom. The minimum atomic E-state index is -0.763. The van der Waals surface area contributed by atoms with Gasteiger partial charge in [0.2, 0.25) is 11.8 Å². The zero-order chi connectivity index (χ0) is 20.4. The summed E-state index contributed by atoms with van der Waals surface area (Å²) in [5.74, 6) is -0.679. The maximum atomic E-state index is 12.1. The van der Waals surface area contributed by atoms with Gasteiger partial charge in [-0.3, -0.25) is 14.4 Å². The first-order chi connectivity index (χ1) is 13.5. The third-order valence-electron chi connectivity index (χ3n) is 5.44. The SMILES string of the molecule is CC=CCNC(=O)CC(=O)NC[C@H]1[C@@H](C/C=C\CCCC(=O)O)[C@H]2CC[C@@H]1O2. The molecule has 28 heavy (non-hydrogen) atoms. The molecule has 2 amide bonds. The van der Waals surface area contributed by atoms with E-state index < -0.39 is 5.97 Å². The number of hydrogen-bond acceptors (Lipinski definition) is 4. The number of carboxylic acid groups (broad SMARTS) is 1. The molecule has 2 bridgehead atoms. The number of nitrogens with one attached hydrogen (secondary N) is 2. The summed E-state index contributed by atoms with van der Waals surface area (Å²) in [5, 5.41) is 14.2. The van der Waals surface area contributed by atoms with Gasteiger partial charge in [0.05, 0.1) is 12.2 Å². The average Bonchev–Trinajstić information content (AvgIpc) is 3.24. The van der Waals surface area contributed by atoms with Crippen molar-refractivity contribution < 1.29 is 24.2 Å². The molecule has 4 atom stereocenters. The van der Waals surface area contributed by atoms with Gasteiger partial charge in [0.1, 0.15) is 6.42 Å². The third kappa shape index (κ3) is 7.11. The second-order valence-electron chi connectivity index (χ2n) is 7.47. The number of rotatable bonds is 12. The van der Waals surface area contributed by atoms with Crippen molar-refractivity contribution in [2.45, 2.75) is 64.1 Å². The van der Waals surface area contributed by atoms with Gasteiger partial charge in [-0.25, -0.2) is 0 Å². The second kappa shape index (κ2) is 11.6. The molecule has 7 heteroatoms. The highest BCUT2D eigenvalue weighted by atomic mass is 16.5. The maximum Gasteiger partial charge on any atom is 0.303 e. The number of amides is 2. The van der Waals surface area contributed by atoms with Gasteiger partial charge in [-0.1, -0.05) is 24.3 Å². The molecule has 0 aromatic rings. The van der Waals surface area contributed by atoms with E-state index in [4.69, 9.17) is 9.84 Å². The molecule has 0 aliphatic carbocycles. The van der Waals surface area contributed by atoms with Crippen LogP contribution in [0.1, 0.15) is 51.9 Å². The summed E-state index contributed by atoms with van der Waals surface area (Å²) in [6.07, 6.45) is 12.6. The number of hydrogen-bond donors (Lipinski definition) is 3. The van der Waals surface area contributed by atoms with Crippen molar-refractivity contribution in [1.82, 2.24) is 10.6 Å². The highest BCUT2D eigenvalue weighted by Gasteiger charge is 2.47. The van der Waals surface area contributed by atoms with Crippen molar-refractivity contribution in [2.75, 3.05) is 13.1 Å². The first kappa shape index (κ1) is 22.1. The van der Waals surface area contributed by atoms with Crippen LogP contribution in [0.3, 0.4) is 0 Å². The molecule has 2 rings (SSSR count). The Kier molecular flexibility index (Phi) is 9.20. The molecular formula is C21H32N2O5. The third-order valence-corrected chi connectivity index (χ3v) is 5.44. The van der Waals surface area contributed by atoms with Crippen molar-refractivity contribution in [3.63, 3.8) is 0 Å². The van der Waals surface area contributed by atoms with Gasteiger partial charge in [0, 0.05) is 25.4 Å². The molecule has 3 N–H and O–H groups in total. The highest BCUT2D eigenvalue weighted by Crippen LogP contribution is 2.44. The van der Waals surface area contributed by atoms with Crippen LogP contribution in [0, 0.1) is 11.8 Å². The van der Waals surface area contributed by atoms with Gasteiger partial charge >= 0.3 is 5.97 Å². The smallest absolute Gasteiger partial charge is 0.303 e. The first-order valence-electron chi connectivity index (χ1n) is 10.2. The van der Waals surface area contributed by atoms with Gasteiger partial charge in [0.15, 0.2) is 0 Å². The number of unbranched alkanes of at least 4 members (excludes halogenated alkanes) is 1. The lowest BCUT2D eigenvalue weighted by molar-refractivity contribution is -0.137. The summed E-state index contributed by atoms with van der Waals surface area (Å²) in [5.41, 5.74) is 0. The number of carbonyl (C=O) groups excluding carboxylic acids is 2. The van der Waals surface area contributed by atoms with E-state index in [1.165, 1.54) is 0 Å². The van der Waals surface area contributed by atoms with E-state index in [1.807, 2.05) is 25.2 Å². The van der Waals surface area contributed by atoms with Gasteiger partial charge in [0.25, 0.3) is 0 Å². The van der Waals surface area contributed by atoms with E-state index in [-0.39, 0.29) is 42.8 Å². The summed E-state index contributed by atoms with van der Waals surface area (Å²) in [4.78, 5) is 34.3. The zero-order valence-electron chi connectivity index (χ0n) is 16.6.